The highest BCUT2D eigenvalue weighted by atomic mass is 19.4. The first-order valence-corrected chi connectivity index (χ1v) is 10.7. The number of carbonyl (C=O) groups excluding carboxylic acids is 1. The molecular weight excluding hydrogens is 452 g/mol. The molecule has 176 valence electrons. The Morgan fingerprint density at radius 2 is 1.94 bits per heavy atom. The summed E-state index contributed by atoms with van der Waals surface area (Å²) in [6, 6.07) is 4.73. The summed E-state index contributed by atoms with van der Waals surface area (Å²) in [7, 11) is 0. The Morgan fingerprint density at radius 3 is 2.59 bits per heavy atom. The van der Waals surface area contributed by atoms with Crippen molar-refractivity contribution in [1.82, 2.24) is 24.3 Å². The maximum atomic E-state index is 15.1. The third-order valence-electron chi connectivity index (χ3n) is 5.94. The fourth-order valence-electron chi connectivity index (χ4n) is 3.98. The lowest BCUT2D eigenvalue weighted by Gasteiger charge is -2.23. The summed E-state index contributed by atoms with van der Waals surface area (Å²) >= 11 is 0. The number of anilines is 1. The summed E-state index contributed by atoms with van der Waals surface area (Å²) in [6.45, 7) is 2.08. The van der Waals surface area contributed by atoms with Crippen molar-refractivity contribution in [1.29, 1.82) is 0 Å². The van der Waals surface area contributed by atoms with Gasteiger partial charge in [0.15, 0.2) is 0 Å². The summed E-state index contributed by atoms with van der Waals surface area (Å²) in [6.07, 6.45) is -0.347. The zero-order valence-corrected chi connectivity index (χ0v) is 18.1. The van der Waals surface area contributed by atoms with Crippen molar-refractivity contribution in [2.45, 2.75) is 32.5 Å². The number of hydrogen-bond donors (Lipinski definition) is 1. The van der Waals surface area contributed by atoms with Gasteiger partial charge in [-0.05, 0) is 43.9 Å². The number of nitrogens with two attached hydrogens (primary N) is 1. The standard InChI is InChI=1S/C23H20F4N6O/c1-12-29-9-20-21(28)31-18-7-17(24)16(6-19(18)33(12)20)22(34)32(10-13-2-3-13)11-15-5-4-14(8-30-15)23(25,26)27/h4-9,13H,2-3,10-11H2,1H3,(H2,28,31). The molecule has 1 aliphatic rings. The van der Waals surface area contributed by atoms with Crippen LogP contribution in [0.2, 0.25) is 0 Å². The van der Waals surface area contributed by atoms with Gasteiger partial charge < -0.3 is 10.6 Å². The molecule has 4 aromatic rings. The predicted molar refractivity (Wildman–Crippen MR) is 116 cm³/mol. The molecule has 1 aliphatic carbocycles. The van der Waals surface area contributed by atoms with Crippen molar-refractivity contribution < 1.29 is 22.4 Å². The number of amides is 1. The lowest BCUT2D eigenvalue weighted by atomic mass is 10.1. The Balaban J connectivity index is 1.52. The summed E-state index contributed by atoms with van der Waals surface area (Å²) in [5, 5.41) is 0. The van der Waals surface area contributed by atoms with Crippen LogP contribution in [-0.4, -0.2) is 36.7 Å². The molecule has 0 radical (unpaired) electrons. The van der Waals surface area contributed by atoms with Crippen LogP contribution in [0, 0.1) is 18.7 Å². The number of aryl methyl sites for hydroxylation is 1. The van der Waals surface area contributed by atoms with Gasteiger partial charge in [0.25, 0.3) is 5.91 Å². The molecule has 1 saturated carbocycles. The number of hydrogen-bond acceptors (Lipinski definition) is 5. The van der Waals surface area contributed by atoms with E-state index in [0.717, 1.165) is 31.2 Å². The molecule has 0 bridgehead atoms. The van der Waals surface area contributed by atoms with Gasteiger partial charge >= 0.3 is 6.18 Å². The second-order valence-corrected chi connectivity index (χ2v) is 8.51. The lowest BCUT2D eigenvalue weighted by molar-refractivity contribution is -0.137. The van der Waals surface area contributed by atoms with E-state index in [4.69, 9.17) is 5.73 Å². The first kappa shape index (κ1) is 22.1. The third-order valence-corrected chi connectivity index (χ3v) is 5.94. The quantitative estimate of drug-likeness (QED) is 0.436. The van der Waals surface area contributed by atoms with E-state index in [0.29, 0.717) is 23.4 Å². The summed E-state index contributed by atoms with van der Waals surface area (Å²) in [4.78, 5) is 27.2. The monoisotopic (exact) mass is 472 g/mol. The number of pyridine rings is 1. The molecule has 0 spiro atoms. The molecule has 1 aromatic carbocycles. The molecule has 34 heavy (non-hydrogen) atoms. The zero-order valence-electron chi connectivity index (χ0n) is 18.1. The highest BCUT2D eigenvalue weighted by Crippen LogP contribution is 2.32. The minimum absolute atomic E-state index is 0.0373. The van der Waals surface area contributed by atoms with Gasteiger partial charge in [-0.1, -0.05) is 0 Å². The van der Waals surface area contributed by atoms with Gasteiger partial charge in [-0.25, -0.2) is 14.4 Å². The van der Waals surface area contributed by atoms with Gasteiger partial charge in [0, 0.05) is 18.8 Å². The molecule has 0 unspecified atom stereocenters. The number of halogens is 4. The molecule has 11 heteroatoms. The Bertz CT molecular complexity index is 1410. The van der Waals surface area contributed by atoms with Gasteiger partial charge in [-0.15, -0.1) is 0 Å². The number of nitrogens with zero attached hydrogens (tertiary/aromatic N) is 5. The second kappa shape index (κ2) is 7.93. The van der Waals surface area contributed by atoms with Crippen LogP contribution < -0.4 is 5.73 Å². The molecule has 2 N–H and O–H groups in total. The Labute approximate surface area is 191 Å². The fraction of sp³-hybridized carbons (Fsp3) is 0.304. The van der Waals surface area contributed by atoms with Crippen LogP contribution >= 0.6 is 0 Å². The summed E-state index contributed by atoms with van der Waals surface area (Å²) < 4.78 is 55.4. The highest BCUT2D eigenvalue weighted by molar-refractivity contribution is 5.98. The number of imidazole rings is 1. The number of aromatic nitrogens is 4. The number of nitrogen functional groups attached to an aromatic ring is 1. The topological polar surface area (TPSA) is 89.4 Å². The smallest absolute Gasteiger partial charge is 0.382 e. The first-order valence-electron chi connectivity index (χ1n) is 10.7. The van der Waals surface area contributed by atoms with E-state index in [-0.39, 0.29) is 35.1 Å². The molecule has 3 aromatic heterocycles. The Hall–Kier alpha value is -3.76. The van der Waals surface area contributed by atoms with Crippen molar-refractivity contribution in [2.24, 2.45) is 5.92 Å². The van der Waals surface area contributed by atoms with Crippen molar-refractivity contribution in [3.63, 3.8) is 0 Å². The van der Waals surface area contributed by atoms with E-state index in [1.807, 2.05) is 0 Å². The van der Waals surface area contributed by atoms with E-state index in [1.165, 1.54) is 17.0 Å². The normalized spacial score (nSPS) is 14.1. The number of rotatable bonds is 5. The van der Waals surface area contributed by atoms with Crippen molar-refractivity contribution in [3.05, 3.63) is 65.1 Å². The number of alkyl halides is 3. The van der Waals surface area contributed by atoms with Gasteiger partial charge in [-0.2, -0.15) is 13.2 Å². The molecule has 0 aliphatic heterocycles. The maximum Gasteiger partial charge on any atom is 0.417 e. The Morgan fingerprint density at radius 1 is 1.18 bits per heavy atom. The summed E-state index contributed by atoms with van der Waals surface area (Å²) in [5.41, 5.74) is 6.51. The molecule has 1 amide bonds. The van der Waals surface area contributed by atoms with Gasteiger partial charge in [0.05, 0.1) is 40.6 Å². The predicted octanol–water partition coefficient (Wildman–Crippen LogP) is 4.38. The van der Waals surface area contributed by atoms with Crippen LogP contribution in [0.1, 0.15) is 40.3 Å². The van der Waals surface area contributed by atoms with Crippen molar-refractivity contribution in [2.75, 3.05) is 12.3 Å². The molecule has 3 heterocycles. The Kier molecular flexibility index (Phi) is 5.14. The molecule has 7 nitrogen and oxygen atoms in total. The summed E-state index contributed by atoms with van der Waals surface area (Å²) in [5.74, 6) is -0.275. The van der Waals surface area contributed by atoms with Crippen LogP contribution in [-0.2, 0) is 12.7 Å². The number of benzene rings is 1. The molecular formula is C23H20F4N6O. The van der Waals surface area contributed by atoms with Crippen LogP contribution in [0.5, 0.6) is 0 Å². The minimum atomic E-state index is -4.50. The average molecular weight is 472 g/mol. The van der Waals surface area contributed by atoms with E-state index in [1.54, 1.807) is 17.5 Å². The van der Waals surface area contributed by atoms with E-state index < -0.39 is 23.5 Å². The van der Waals surface area contributed by atoms with E-state index in [2.05, 4.69) is 15.0 Å². The molecule has 1 fully saturated rings. The van der Waals surface area contributed by atoms with Crippen molar-refractivity contribution >= 4 is 28.3 Å². The molecule has 5 rings (SSSR count). The zero-order chi connectivity index (χ0) is 24.2. The largest absolute Gasteiger partial charge is 0.417 e. The van der Waals surface area contributed by atoms with Crippen LogP contribution in [0.15, 0.2) is 36.7 Å². The van der Waals surface area contributed by atoms with Gasteiger partial charge in [0.1, 0.15) is 23.0 Å². The fourth-order valence-corrected chi connectivity index (χ4v) is 3.98. The molecule has 0 saturated heterocycles. The second-order valence-electron chi connectivity index (χ2n) is 8.51. The van der Waals surface area contributed by atoms with Crippen LogP contribution in [0.4, 0.5) is 23.4 Å². The van der Waals surface area contributed by atoms with Crippen LogP contribution in [0.3, 0.4) is 0 Å². The van der Waals surface area contributed by atoms with Gasteiger partial charge in [-0.3, -0.25) is 14.2 Å². The first-order chi connectivity index (χ1) is 16.1. The average Bonchev–Trinajstić information content (AvgIpc) is 3.51. The lowest BCUT2D eigenvalue weighted by Crippen LogP contribution is -2.33. The van der Waals surface area contributed by atoms with E-state index in [9.17, 15) is 18.0 Å². The molecule has 0 atom stereocenters. The van der Waals surface area contributed by atoms with Crippen molar-refractivity contribution in [3.8, 4) is 0 Å². The van der Waals surface area contributed by atoms with Crippen LogP contribution in [0.25, 0.3) is 16.6 Å². The third kappa shape index (κ3) is 4.02. The maximum absolute atomic E-state index is 15.1. The van der Waals surface area contributed by atoms with E-state index >= 15 is 4.39 Å². The SMILES string of the molecule is Cc1ncc2c(N)nc3cc(F)c(C(=O)N(Cc4ccc(C(F)(F)F)cn4)CC4CC4)cc3n12. The minimum Gasteiger partial charge on any atom is -0.382 e. The number of carbonyl (C=O) groups is 1. The number of fused-ring (bicyclic) bond motifs is 3. The highest BCUT2D eigenvalue weighted by Gasteiger charge is 2.32. The van der Waals surface area contributed by atoms with Gasteiger partial charge in [0.2, 0.25) is 0 Å².